The maximum absolute atomic E-state index is 11.3. The Morgan fingerprint density at radius 3 is 2.61 bits per heavy atom. The van der Waals surface area contributed by atoms with Crippen LogP contribution in [-0.2, 0) is 20.8 Å². The highest BCUT2D eigenvalue weighted by molar-refractivity contribution is 5.82. The molecule has 0 saturated carbocycles. The molecule has 0 amide bonds. The number of isocyanates is 2. The normalized spacial score (nSPS) is 11.0. The van der Waals surface area contributed by atoms with Gasteiger partial charge in [0, 0.05) is 6.42 Å². The van der Waals surface area contributed by atoms with E-state index in [9.17, 15) is 14.4 Å². The molecule has 5 heteroatoms. The number of rotatable bonds is 5. The van der Waals surface area contributed by atoms with Gasteiger partial charge in [-0.2, -0.15) is 9.98 Å². The number of ketones is 1. The summed E-state index contributed by atoms with van der Waals surface area (Å²) in [5.41, 5.74) is 2.11. The van der Waals surface area contributed by atoms with Crippen LogP contribution in [0.1, 0.15) is 18.1 Å². The molecule has 0 spiro atoms. The Morgan fingerprint density at radius 2 is 2.06 bits per heavy atom. The van der Waals surface area contributed by atoms with Crippen molar-refractivity contribution in [2.75, 3.05) is 0 Å². The number of aryl methyl sites for hydroxylation is 1. The first-order chi connectivity index (χ1) is 8.58. The lowest BCUT2D eigenvalue weighted by Gasteiger charge is -2.08. The van der Waals surface area contributed by atoms with Crippen LogP contribution < -0.4 is 0 Å². The lowest BCUT2D eigenvalue weighted by atomic mass is 10.0. The Labute approximate surface area is 104 Å². The van der Waals surface area contributed by atoms with E-state index in [1.54, 1.807) is 18.2 Å². The SMILES string of the molecule is CC(=O)C(Cc1ccc(C)c(N=C=O)c1)N=C=O. The summed E-state index contributed by atoms with van der Waals surface area (Å²) >= 11 is 0. The van der Waals surface area contributed by atoms with E-state index in [4.69, 9.17) is 0 Å². The van der Waals surface area contributed by atoms with E-state index in [-0.39, 0.29) is 12.2 Å². The zero-order valence-corrected chi connectivity index (χ0v) is 10.1. The van der Waals surface area contributed by atoms with Gasteiger partial charge in [0.2, 0.25) is 12.2 Å². The maximum Gasteiger partial charge on any atom is 0.240 e. The van der Waals surface area contributed by atoms with E-state index in [0.717, 1.165) is 11.1 Å². The summed E-state index contributed by atoms with van der Waals surface area (Å²) in [6, 6.07) is 4.53. The van der Waals surface area contributed by atoms with Crippen LogP contribution in [0.2, 0.25) is 0 Å². The predicted molar refractivity (Wildman–Crippen MR) is 65.3 cm³/mol. The second kappa shape index (κ2) is 6.40. The fraction of sp³-hybridized carbons (Fsp3) is 0.308. The van der Waals surface area contributed by atoms with Gasteiger partial charge in [-0.1, -0.05) is 12.1 Å². The first-order valence-electron chi connectivity index (χ1n) is 5.33. The standard InChI is InChI=1S/C13H12N2O3/c1-9-3-4-11(5-12(9)14-7-16)6-13(10(2)18)15-8-17/h3-5,13H,6H2,1-2H3. The minimum absolute atomic E-state index is 0.209. The van der Waals surface area contributed by atoms with Gasteiger partial charge < -0.3 is 0 Å². The van der Waals surface area contributed by atoms with E-state index in [1.165, 1.54) is 19.1 Å². The van der Waals surface area contributed by atoms with E-state index in [0.29, 0.717) is 5.69 Å². The van der Waals surface area contributed by atoms with Gasteiger partial charge in [-0.15, -0.1) is 0 Å². The molecule has 0 aliphatic rings. The van der Waals surface area contributed by atoms with E-state index < -0.39 is 6.04 Å². The topological polar surface area (TPSA) is 75.9 Å². The monoisotopic (exact) mass is 244 g/mol. The summed E-state index contributed by atoms with van der Waals surface area (Å²) in [4.78, 5) is 38.8. The Morgan fingerprint density at radius 1 is 1.33 bits per heavy atom. The Kier molecular flexibility index (Phi) is 4.88. The summed E-state index contributed by atoms with van der Waals surface area (Å²) in [5.74, 6) is -0.209. The van der Waals surface area contributed by atoms with Crippen molar-refractivity contribution in [1.29, 1.82) is 0 Å². The average Bonchev–Trinajstić information content (AvgIpc) is 2.33. The fourth-order valence-electron chi connectivity index (χ4n) is 1.52. The first kappa shape index (κ1) is 13.7. The van der Waals surface area contributed by atoms with Crippen LogP contribution in [0.5, 0.6) is 0 Å². The molecule has 0 aliphatic heterocycles. The maximum atomic E-state index is 11.3. The molecule has 0 aliphatic carbocycles. The number of hydrogen-bond acceptors (Lipinski definition) is 5. The van der Waals surface area contributed by atoms with Crippen molar-refractivity contribution in [2.24, 2.45) is 9.98 Å². The van der Waals surface area contributed by atoms with Gasteiger partial charge in [0.15, 0.2) is 5.78 Å². The molecule has 0 N–H and O–H groups in total. The van der Waals surface area contributed by atoms with Crippen molar-refractivity contribution >= 4 is 23.6 Å². The lowest BCUT2D eigenvalue weighted by molar-refractivity contribution is -0.118. The van der Waals surface area contributed by atoms with Crippen LogP contribution in [0.3, 0.4) is 0 Å². The van der Waals surface area contributed by atoms with Gasteiger partial charge in [-0.05, 0) is 31.0 Å². The van der Waals surface area contributed by atoms with Crippen molar-refractivity contribution < 1.29 is 14.4 Å². The second-order valence-corrected chi connectivity index (χ2v) is 3.87. The van der Waals surface area contributed by atoms with Gasteiger partial charge in [0.25, 0.3) is 0 Å². The summed E-state index contributed by atoms with van der Waals surface area (Å²) in [5, 5.41) is 0. The number of nitrogens with zero attached hydrogens (tertiary/aromatic N) is 2. The smallest absolute Gasteiger partial charge is 0.240 e. The first-order valence-corrected chi connectivity index (χ1v) is 5.33. The third kappa shape index (κ3) is 3.59. The molecule has 1 aromatic carbocycles. The largest absolute Gasteiger partial charge is 0.298 e. The number of carbonyl (C=O) groups excluding carboxylic acids is 3. The molecule has 5 nitrogen and oxygen atoms in total. The highest BCUT2D eigenvalue weighted by Crippen LogP contribution is 2.20. The zero-order valence-electron chi connectivity index (χ0n) is 10.1. The Balaban J connectivity index is 3.03. The van der Waals surface area contributed by atoms with E-state index >= 15 is 0 Å². The summed E-state index contributed by atoms with van der Waals surface area (Å²) in [6.45, 7) is 3.18. The molecule has 0 radical (unpaired) electrons. The molecule has 1 rings (SSSR count). The molecular formula is C13H12N2O3. The number of aliphatic imine (C=N–C) groups is 2. The van der Waals surface area contributed by atoms with Crippen molar-refractivity contribution in [1.82, 2.24) is 0 Å². The van der Waals surface area contributed by atoms with Crippen LogP contribution in [0.4, 0.5) is 5.69 Å². The predicted octanol–water partition coefficient (Wildman–Crippen LogP) is 1.80. The molecular weight excluding hydrogens is 232 g/mol. The zero-order chi connectivity index (χ0) is 13.5. The minimum Gasteiger partial charge on any atom is -0.298 e. The summed E-state index contributed by atoms with van der Waals surface area (Å²) < 4.78 is 0. The van der Waals surface area contributed by atoms with Crippen LogP contribution >= 0.6 is 0 Å². The van der Waals surface area contributed by atoms with Gasteiger partial charge in [0.05, 0.1) is 5.69 Å². The highest BCUT2D eigenvalue weighted by Gasteiger charge is 2.14. The second-order valence-electron chi connectivity index (χ2n) is 3.87. The number of Topliss-reactive ketones (excluding diaryl/α,β-unsaturated/α-hetero) is 1. The molecule has 1 aromatic rings. The van der Waals surface area contributed by atoms with Crippen molar-refractivity contribution in [3.8, 4) is 0 Å². The molecule has 0 fully saturated rings. The number of benzene rings is 1. The van der Waals surface area contributed by atoms with Crippen molar-refractivity contribution in [3.05, 3.63) is 29.3 Å². The minimum atomic E-state index is -0.738. The molecule has 1 unspecified atom stereocenters. The molecule has 0 aromatic heterocycles. The van der Waals surface area contributed by atoms with E-state index in [2.05, 4.69) is 9.98 Å². The Hall–Kier alpha value is -2.35. The van der Waals surface area contributed by atoms with Crippen molar-refractivity contribution in [3.63, 3.8) is 0 Å². The Bertz CT molecular complexity index is 551. The summed E-state index contributed by atoms with van der Waals surface area (Å²) in [7, 11) is 0. The molecule has 1 atom stereocenters. The number of hydrogen-bond donors (Lipinski definition) is 0. The molecule has 0 saturated heterocycles. The molecule has 92 valence electrons. The molecule has 0 heterocycles. The molecule has 0 bridgehead atoms. The number of carbonyl (C=O) groups is 1. The van der Waals surface area contributed by atoms with Gasteiger partial charge >= 0.3 is 0 Å². The van der Waals surface area contributed by atoms with Gasteiger partial charge in [-0.25, -0.2) is 9.59 Å². The van der Waals surface area contributed by atoms with Gasteiger partial charge in [-0.3, -0.25) is 4.79 Å². The third-order valence-corrected chi connectivity index (χ3v) is 2.55. The fourth-order valence-corrected chi connectivity index (χ4v) is 1.52. The lowest BCUT2D eigenvalue weighted by Crippen LogP contribution is -2.18. The van der Waals surface area contributed by atoms with Crippen LogP contribution in [0, 0.1) is 6.92 Å². The molecule has 18 heavy (non-hydrogen) atoms. The summed E-state index contributed by atoms with van der Waals surface area (Å²) in [6.07, 6.45) is 3.15. The average molecular weight is 244 g/mol. The van der Waals surface area contributed by atoms with Crippen LogP contribution in [0.25, 0.3) is 0 Å². The van der Waals surface area contributed by atoms with E-state index in [1.807, 2.05) is 6.92 Å². The third-order valence-electron chi connectivity index (χ3n) is 2.55. The van der Waals surface area contributed by atoms with Gasteiger partial charge in [0.1, 0.15) is 6.04 Å². The van der Waals surface area contributed by atoms with Crippen molar-refractivity contribution in [2.45, 2.75) is 26.3 Å². The quantitative estimate of drug-likeness (QED) is 0.585. The van der Waals surface area contributed by atoms with Crippen LogP contribution in [0.15, 0.2) is 28.2 Å². The highest BCUT2D eigenvalue weighted by atomic mass is 16.1. The van der Waals surface area contributed by atoms with Crippen LogP contribution in [-0.4, -0.2) is 24.0 Å².